The number of hydrogen-bond donors (Lipinski definition) is 1. The lowest BCUT2D eigenvalue weighted by Gasteiger charge is -2.34. The van der Waals surface area contributed by atoms with Crippen molar-refractivity contribution < 1.29 is 14.2 Å². The second kappa shape index (κ2) is 6.87. The van der Waals surface area contributed by atoms with Gasteiger partial charge in [0.2, 0.25) is 0 Å². The molecule has 3 nitrogen and oxygen atoms in total. The van der Waals surface area contributed by atoms with Crippen LogP contribution < -0.4 is 4.74 Å². The molecule has 106 valence electrons. The largest absolute Gasteiger partial charge is 0.488 e. The van der Waals surface area contributed by atoms with Crippen LogP contribution in [-0.4, -0.2) is 41.8 Å². The molecule has 1 aliphatic heterocycles. The molecule has 0 radical (unpaired) electrons. The standard InChI is InChI=1S/C15H22FNO2/c1-12-6-4-5-9-17(12)10-13(18)11-19-15-8-3-2-7-14(15)16/h2-3,7-8,12-13,18H,4-6,9-11H2,1H3/t12-,13-/m0/s1. The molecule has 2 atom stereocenters. The summed E-state index contributed by atoms with van der Waals surface area (Å²) in [5.41, 5.74) is 0. The molecule has 0 aliphatic carbocycles. The second-order valence-electron chi connectivity index (χ2n) is 5.23. The van der Waals surface area contributed by atoms with E-state index >= 15 is 0 Å². The van der Waals surface area contributed by atoms with Crippen molar-refractivity contribution in [1.29, 1.82) is 0 Å². The van der Waals surface area contributed by atoms with Crippen molar-refractivity contribution in [2.24, 2.45) is 0 Å². The first-order valence-corrected chi connectivity index (χ1v) is 6.96. The number of hydrogen-bond acceptors (Lipinski definition) is 3. The SMILES string of the molecule is C[C@H]1CCCCN1C[C@H](O)COc1ccccc1F. The van der Waals surface area contributed by atoms with E-state index in [1.165, 1.54) is 25.3 Å². The van der Waals surface area contributed by atoms with Gasteiger partial charge in [0.1, 0.15) is 12.7 Å². The first-order valence-electron chi connectivity index (χ1n) is 6.96. The summed E-state index contributed by atoms with van der Waals surface area (Å²) in [5.74, 6) is -0.186. The predicted octanol–water partition coefficient (Wildman–Crippen LogP) is 2.44. The van der Waals surface area contributed by atoms with Gasteiger partial charge in [-0.15, -0.1) is 0 Å². The van der Waals surface area contributed by atoms with Crippen LogP contribution in [0.15, 0.2) is 24.3 Å². The minimum atomic E-state index is -0.583. The number of aliphatic hydroxyl groups excluding tert-OH is 1. The van der Waals surface area contributed by atoms with Crippen LogP contribution in [0.3, 0.4) is 0 Å². The van der Waals surface area contributed by atoms with Gasteiger partial charge >= 0.3 is 0 Å². The van der Waals surface area contributed by atoms with E-state index in [9.17, 15) is 9.50 Å². The number of benzene rings is 1. The quantitative estimate of drug-likeness (QED) is 0.889. The summed E-state index contributed by atoms with van der Waals surface area (Å²) < 4.78 is 18.7. The number of rotatable bonds is 5. The van der Waals surface area contributed by atoms with Crippen molar-refractivity contribution in [3.63, 3.8) is 0 Å². The molecule has 1 heterocycles. The van der Waals surface area contributed by atoms with Gasteiger partial charge in [-0.3, -0.25) is 4.90 Å². The molecular weight excluding hydrogens is 245 g/mol. The van der Waals surface area contributed by atoms with Gasteiger partial charge in [-0.25, -0.2) is 4.39 Å². The van der Waals surface area contributed by atoms with Gasteiger partial charge in [0.15, 0.2) is 11.6 Å². The lowest BCUT2D eigenvalue weighted by Crippen LogP contribution is -2.43. The number of aliphatic hydroxyl groups is 1. The van der Waals surface area contributed by atoms with Gasteiger partial charge in [-0.2, -0.15) is 0 Å². The topological polar surface area (TPSA) is 32.7 Å². The Balaban J connectivity index is 1.78. The maximum Gasteiger partial charge on any atom is 0.165 e. The molecule has 19 heavy (non-hydrogen) atoms. The maximum absolute atomic E-state index is 13.3. The fourth-order valence-corrected chi connectivity index (χ4v) is 2.50. The Bertz CT molecular complexity index is 399. The van der Waals surface area contributed by atoms with Gasteiger partial charge in [0, 0.05) is 12.6 Å². The van der Waals surface area contributed by atoms with Crippen LogP contribution in [0, 0.1) is 5.82 Å². The van der Waals surface area contributed by atoms with E-state index in [0.717, 1.165) is 6.54 Å². The highest BCUT2D eigenvalue weighted by Gasteiger charge is 2.21. The third kappa shape index (κ3) is 4.18. The highest BCUT2D eigenvalue weighted by atomic mass is 19.1. The zero-order valence-corrected chi connectivity index (χ0v) is 11.4. The molecule has 0 bridgehead atoms. The van der Waals surface area contributed by atoms with E-state index in [0.29, 0.717) is 12.6 Å². The third-order valence-corrected chi connectivity index (χ3v) is 3.65. The van der Waals surface area contributed by atoms with Gasteiger partial charge < -0.3 is 9.84 Å². The zero-order chi connectivity index (χ0) is 13.7. The van der Waals surface area contributed by atoms with E-state index < -0.39 is 6.10 Å². The molecule has 1 N–H and O–H groups in total. The molecule has 4 heteroatoms. The number of piperidine rings is 1. The first kappa shape index (κ1) is 14.3. The Morgan fingerprint density at radius 2 is 2.21 bits per heavy atom. The molecule has 1 fully saturated rings. The number of ether oxygens (including phenoxy) is 1. The van der Waals surface area contributed by atoms with Crippen molar-refractivity contribution in [3.8, 4) is 5.75 Å². The Morgan fingerprint density at radius 3 is 2.95 bits per heavy atom. The summed E-state index contributed by atoms with van der Waals surface area (Å²) in [7, 11) is 0. The van der Waals surface area contributed by atoms with Crippen molar-refractivity contribution >= 4 is 0 Å². The smallest absolute Gasteiger partial charge is 0.165 e. The van der Waals surface area contributed by atoms with Crippen molar-refractivity contribution in [2.45, 2.75) is 38.3 Å². The van der Waals surface area contributed by atoms with Crippen LogP contribution in [0.5, 0.6) is 5.75 Å². The van der Waals surface area contributed by atoms with Gasteiger partial charge in [-0.1, -0.05) is 18.6 Å². The van der Waals surface area contributed by atoms with E-state index in [-0.39, 0.29) is 18.2 Å². The summed E-state index contributed by atoms with van der Waals surface area (Å²) in [5, 5.41) is 9.98. The fourth-order valence-electron chi connectivity index (χ4n) is 2.50. The lowest BCUT2D eigenvalue weighted by molar-refractivity contribution is 0.0428. The Labute approximate surface area is 114 Å². The average molecular weight is 267 g/mol. The average Bonchev–Trinajstić information content (AvgIpc) is 2.40. The van der Waals surface area contributed by atoms with Gasteiger partial charge in [0.05, 0.1) is 0 Å². The van der Waals surface area contributed by atoms with Gasteiger partial charge in [-0.05, 0) is 38.4 Å². The molecule has 2 rings (SSSR count). The Morgan fingerprint density at radius 1 is 1.42 bits per heavy atom. The normalized spacial score (nSPS) is 22.2. The number of nitrogens with zero attached hydrogens (tertiary/aromatic N) is 1. The molecule has 1 aromatic rings. The zero-order valence-electron chi connectivity index (χ0n) is 11.4. The molecule has 1 saturated heterocycles. The van der Waals surface area contributed by atoms with Crippen molar-refractivity contribution in [2.75, 3.05) is 19.7 Å². The molecule has 1 aromatic carbocycles. The minimum absolute atomic E-state index is 0.129. The van der Waals surface area contributed by atoms with E-state index in [1.54, 1.807) is 18.2 Å². The molecular formula is C15H22FNO2. The second-order valence-corrected chi connectivity index (χ2v) is 5.23. The van der Waals surface area contributed by atoms with Crippen LogP contribution in [-0.2, 0) is 0 Å². The molecule has 0 unspecified atom stereocenters. The number of para-hydroxylation sites is 1. The summed E-state index contributed by atoms with van der Waals surface area (Å²) in [4.78, 5) is 2.28. The number of halogens is 1. The minimum Gasteiger partial charge on any atom is -0.488 e. The summed E-state index contributed by atoms with van der Waals surface area (Å²) in [6.45, 7) is 3.93. The van der Waals surface area contributed by atoms with Crippen molar-refractivity contribution in [1.82, 2.24) is 4.90 Å². The summed E-state index contributed by atoms with van der Waals surface area (Å²) >= 11 is 0. The van der Waals surface area contributed by atoms with Crippen LogP contribution in [0.2, 0.25) is 0 Å². The first-order chi connectivity index (χ1) is 9.16. The molecule has 0 saturated carbocycles. The van der Waals surface area contributed by atoms with E-state index in [2.05, 4.69) is 11.8 Å². The van der Waals surface area contributed by atoms with Crippen LogP contribution in [0.1, 0.15) is 26.2 Å². The third-order valence-electron chi connectivity index (χ3n) is 3.65. The molecule has 0 aromatic heterocycles. The number of likely N-dealkylation sites (tertiary alicyclic amines) is 1. The van der Waals surface area contributed by atoms with E-state index in [1.807, 2.05) is 0 Å². The fraction of sp³-hybridized carbons (Fsp3) is 0.600. The van der Waals surface area contributed by atoms with Crippen molar-refractivity contribution in [3.05, 3.63) is 30.1 Å². The van der Waals surface area contributed by atoms with Crippen LogP contribution in [0.4, 0.5) is 4.39 Å². The maximum atomic E-state index is 13.3. The van der Waals surface area contributed by atoms with Crippen LogP contribution in [0.25, 0.3) is 0 Å². The Kier molecular flexibility index (Phi) is 5.16. The lowest BCUT2D eigenvalue weighted by atomic mass is 10.0. The predicted molar refractivity (Wildman–Crippen MR) is 72.8 cm³/mol. The highest BCUT2D eigenvalue weighted by Crippen LogP contribution is 2.18. The molecule has 1 aliphatic rings. The molecule has 0 amide bonds. The summed E-state index contributed by atoms with van der Waals surface area (Å²) in [6.07, 6.45) is 3.05. The van der Waals surface area contributed by atoms with E-state index in [4.69, 9.17) is 4.74 Å². The van der Waals surface area contributed by atoms with Crippen LogP contribution >= 0.6 is 0 Å². The molecule has 0 spiro atoms. The number of β-amino-alcohol motifs (C(OH)–C–C–N with tert-alkyl or cyclic N) is 1. The van der Waals surface area contributed by atoms with Gasteiger partial charge in [0.25, 0.3) is 0 Å². The monoisotopic (exact) mass is 267 g/mol. The highest BCUT2D eigenvalue weighted by molar-refractivity contribution is 5.23. The Hall–Kier alpha value is -1.13. The summed E-state index contributed by atoms with van der Waals surface area (Å²) in [6, 6.07) is 6.78.